The number of nitrogens with zero attached hydrogens (tertiary/aromatic N) is 3. The van der Waals surface area contributed by atoms with E-state index in [0.717, 1.165) is 17.1 Å². The van der Waals surface area contributed by atoms with Crippen LogP contribution in [0.1, 0.15) is 0 Å². The van der Waals surface area contributed by atoms with Crippen LogP contribution in [0.3, 0.4) is 0 Å². The van der Waals surface area contributed by atoms with Crippen molar-refractivity contribution in [1.29, 1.82) is 0 Å². The zero-order valence-corrected chi connectivity index (χ0v) is 12.7. The van der Waals surface area contributed by atoms with Crippen molar-refractivity contribution in [2.75, 3.05) is 12.4 Å². The minimum atomic E-state index is 0.551. The Bertz CT molecular complexity index is 685. The molecule has 1 heterocycles. The van der Waals surface area contributed by atoms with E-state index in [1.54, 1.807) is 11.7 Å². The first kappa shape index (κ1) is 13.9. The number of halogens is 2. The highest BCUT2D eigenvalue weighted by Crippen LogP contribution is 2.24. The summed E-state index contributed by atoms with van der Waals surface area (Å²) >= 11 is 11.9. The van der Waals surface area contributed by atoms with E-state index in [0.29, 0.717) is 16.0 Å². The van der Waals surface area contributed by atoms with E-state index >= 15 is 0 Å². The second-order valence-electron chi connectivity index (χ2n) is 4.40. The first-order valence-corrected chi connectivity index (χ1v) is 7.09. The van der Waals surface area contributed by atoms with Crippen molar-refractivity contribution in [2.45, 2.75) is 0 Å². The van der Waals surface area contributed by atoms with Gasteiger partial charge in [0.25, 0.3) is 0 Å². The summed E-state index contributed by atoms with van der Waals surface area (Å²) in [4.78, 5) is 4.49. The summed E-state index contributed by atoms with van der Waals surface area (Å²) < 4.78 is 1.77. The van der Waals surface area contributed by atoms with Crippen molar-refractivity contribution in [3.63, 3.8) is 0 Å². The Kier molecular flexibility index (Phi) is 3.82. The highest BCUT2D eigenvalue weighted by Gasteiger charge is 2.12. The quantitative estimate of drug-likeness (QED) is 0.783. The lowest BCUT2D eigenvalue weighted by Gasteiger charge is -2.06. The fourth-order valence-corrected chi connectivity index (χ4v) is 2.22. The fourth-order valence-electron chi connectivity index (χ4n) is 1.97. The Morgan fingerprint density at radius 2 is 1.48 bits per heavy atom. The molecule has 0 saturated carbocycles. The van der Waals surface area contributed by atoms with Gasteiger partial charge in [-0.15, -0.1) is 5.10 Å². The van der Waals surface area contributed by atoms with Crippen molar-refractivity contribution in [1.82, 2.24) is 14.8 Å². The maximum atomic E-state index is 5.94. The van der Waals surface area contributed by atoms with Gasteiger partial charge in [-0.25, -0.2) is 4.68 Å². The van der Waals surface area contributed by atoms with Crippen LogP contribution in [0.25, 0.3) is 17.1 Å². The molecule has 1 aromatic heterocycles. The third-order valence-electron chi connectivity index (χ3n) is 3.00. The molecule has 6 heteroatoms. The number of benzene rings is 2. The van der Waals surface area contributed by atoms with E-state index in [1.165, 1.54) is 0 Å². The number of hydrogen-bond donors (Lipinski definition) is 1. The summed E-state index contributed by atoms with van der Waals surface area (Å²) in [5.74, 6) is 1.29. The molecule has 0 radical (unpaired) electrons. The Morgan fingerprint density at radius 3 is 2.05 bits per heavy atom. The molecule has 0 unspecified atom stereocenters. The largest absolute Gasteiger partial charge is 0.356 e. The SMILES string of the molecule is CNc1nc(-c2ccc(Cl)cc2)n(-c2ccc(Cl)cc2)n1. The third kappa shape index (κ3) is 2.86. The van der Waals surface area contributed by atoms with E-state index in [2.05, 4.69) is 15.4 Å². The van der Waals surface area contributed by atoms with Gasteiger partial charge >= 0.3 is 0 Å². The van der Waals surface area contributed by atoms with E-state index < -0.39 is 0 Å². The minimum Gasteiger partial charge on any atom is -0.356 e. The van der Waals surface area contributed by atoms with Gasteiger partial charge in [-0.3, -0.25) is 0 Å². The van der Waals surface area contributed by atoms with Gasteiger partial charge < -0.3 is 5.32 Å². The van der Waals surface area contributed by atoms with Crippen LogP contribution in [0, 0.1) is 0 Å². The molecule has 0 atom stereocenters. The molecule has 0 aliphatic carbocycles. The maximum absolute atomic E-state index is 5.94. The number of aromatic nitrogens is 3. The highest BCUT2D eigenvalue weighted by molar-refractivity contribution is 6.30. The molecule has 0 aliphatic rings. The molecular formula is C15H12Cl2N4. The lowest BCUT2D eigenvalue weighted by molar-refractivity contribution is 0.889. The normalized spacial score (nSPS) is 10.6. The topological polar surface area (TPSA) is 42.7 Å². The van der Waals surface area contributed by atoms with Gasteiger partial charge in [-0.1, -0.05) is 23.2 Å². The zero-order chi connectivity index (χ0) is 14.8. The summed E-state index contributed by atoms with van der Waals surface area (Å²) in [6, 6.07) is 14.9. The van der Waals surface area contributed by atoms with Crippen molar-refractivity contribution in [2.24, 2.45) is 0 Å². The van der Waals surface area contributed by atoms with Gasteiger partial charge in [0.15, 0.2) is 5.82 Å². The lowest BCUT2D eigenvalue weighted by Crippen LogP contribution is -1.99. The molecule has 0 spiro atoms. The summed E-state index contributed by atoms with van der Waals surface area (Å²) in [5, 5.41) is 8.77. The third-order valence-corrected chi connectivity index (χ3v) is 3.51. The lowest BCUT2D eigenvalue weighted by atomic mass is 10.2. The summed E-state index contributed by atoms with van der Waals surface area (Å²) in [7, 11) is 1.78. The Labute approximate surface area is 132 Å². The first-order valence-electron chi connectivity index (χ1n) is 6.34. The monoisotopic (exact) mass is 318 g/mol. The van der Waals surface area contributed by atoms with Gasteiger partial charge in [0.05, 0.1) is 5.69 Å². The molecule has 106 valence electrons. The molecule has 21 heavy (non-hydrogen) atoms. The van der Waals surface area contributed by atoms with Gasteiger partial charge in [0, 0.05) is 22.7 Å². The molecule has 0 fully saturated rings. The summed E-state index contributed by atoms with van der Waals surface area (Å²) in [5.41, 5.74) is 1.82. The van der Waals surface area contributed by atoms with Gasteiger partial charge in [-0.05, 0) is 48.5 Å². The average Bonchev–Trinajstić information content (AvgIpc) is 2.93. The van der Waals surface area contributed by atoms with E-state index in [4.69, 9.17) is 23.2 Å². The molecule has 0 amide bonds. The van der Waals surface area contributed by atoms with Crippen LogP contribution < -0.4 is 5.32 Å². The smallest absolute Gasteiger partial charge is 0.242 e. The van der Waals surface area contributed by atoms with Crippen molar-refractivity contribution >= 4 is 29.2 Å². The van der Waals surface area contributed by atoms with Crippen LogP contribution in [0.15, 0.2) is 48.5 Å². The molecule has 0 bridgehead atoms. The van der Waals surface area contributed by atoms with Crippen LogP contribution in [0.4, 0.5) is 5.95 Å². The molecule has 2 aromatic carbocycles. The van der Waals surface area contributed by atoms with Crippen LogP contribution in [-0.4, -0.2) is 21.8 Å². The Hall–Kier alpha value is -2.04. The van der Waals surface area contributed by atoms with Crippen LogP contribution in [0.2, 0.25) is 10.0 Å². The summed E-state index contributed by atoms with van der Waals surface area (Å²) in [6.07, 6.45) is 0. The number of anilines is 1. The highest BCUT2D eigenvalue weighted by atomic mass is 35.5. The number of rotatable bonds is 3. The second kappa shape index (κ2) is 5.76. The minimum absolute atomic E-state index is 0.551. The predicted octanol–water partition coefficient (Wildman–Crippen LogP) is 4.28. The number of hydrogen-bond acceptors (Lipinski definition) is 3. The van der Waals surface area contributed by atoms with Crippen molar-refractivity contribution in [3.8, 4) is 17.1 Å². The summed E-state index contributed by atoms with van der Waals surface area (Å²) in [6.45, 7) is 0. The van der Waals surface area contributed by atoms with Crippen LogP contribution in [-0.2, 0) is 0 Å². The van der Waals surface area contributed by atoms with Gasteiger partial charge in [-0.2, -0.15) is 4.98 Å². The molecule has 3 rings (SSSR count). The molecule has 4 nitrogen and oxygen atoms in total. The number of nitrogens with one attached hydrogen (secondary N) is 1. The second-order valence-corrected chi connectivity index (χ2v) is 5.28. The first-order chi connectivity index (χ1) is 10.2. The standard InChI is InChI=1S/C15H12Cl2N4/c1-18-15-19-14(10-2-4-11(16)5-3-10)21(20-15)13-8-6-12(17)7-9-13/h2-9H,1H3,(H,18,20). The van der Waals surface area contributed by atoms with Gasteiger partial charge in [0.1, 0.15) is 0 Å². The Morgan fingerprint density at radius 1 is 0.905 bits per heavy atom. The average molecular weight is 319 g/mol. The van der Waals surface area contributed by atoms with E-state index in [1.807, 2.05) is 48.5 Å². The van der Waals surface area contributed by atoms with Crippen molar-refractivity contribution in [3.05, 3.63) is 58.6 Å². The van der Waals surface area contributed by atoms with Crippen LogP contribution >= 0.6 is 23.2 Å². The molecular weight excluding hydrogens is 307 g/mol. The maximum Gasteiger partial charge on any atom is 0.242 e. The van der Waals surface area contributed by atoms with Gasteiger partial charge in [0.2, 0.25) is 5.95 Å². The molecule has 0 saturated heterocycles. The zero-order valence-electron chi connectivity index (χ0n) is 11.2. The molecule has 3 aromatic rings. The molecule has 0 aliphatic heterocycles. The fraction of sp³-hybridized carbons (Fsp3) is 0.0667. The van der Waals surface area contributed by atoms with Crippen molar-refractivity contribution < 1.29 is 0 Å². The van der Waals surface area contributed by atoms with Crippen LogP contribution in [0.5, 0.6) is 0 Å². The Balaban J connectivity index is 2.13. The predicted molar refractivity (Wildman–Crippen MR) is 86.4 cm³/mol. The van der Waals surface area contributed by atoms with E-state index in [-0.39, 0.29) is 0 Å². The van der Waals surface area contributed by atoms with E-state index in [9.17, 15) is 0 Å². The molecule has 1 N–H and O–H groups in total.